The minimum Gasteiger partial charge on any atom is -0.394 e. The minimum atomic E-state index is -3.78. The van der Waals surface area contributed by atoms with Crippen LogP contribution in [0.15, 0.2) is 59.5 Å². The maximum atomic E-state index is 12.1. The highest BCUT2D eigenvalue weighted by molar-refractivity contribution is 7.92. The number of carbonyl (C=O) groups is 2. The van der Waals surface area contributed by atoms with E-state index in [0.29, 0.717) is 6.42 Å². The van der Waals surface area contributed by atoms with Gasteiger partial charge in [-0.05, 0) is 43.2 Å². The zero-order valence-electron chi connectivity index (χ0n) is 15.7. The van der Waals surface area contributed by atoms with E-state index in [1.807, 2.05) is 30.3 Å². The van der Waals surface area contributed by atoms with Crippen molar-refractivity contribution in [3.8, 4) is 6.07 Å². The molecule has 3 N–H and O–H groups in total. The maximum Gasteiger partial charge on any atom is 0.313 e. The average molecular weight is 415 g/mol. The van der Waals surface area contributed by atoms with Crippen molar-refractivity contribution < 1.29 is 23.1 Å². The smallest absolute Gasteiger partial charge is 0.313 e. The molecule has 0 aromatic heterocycles. The Morgan fingerprint density at radius 3 is 2.24 bits per heavy atom. The van der Waals surface area contributed by atoms with Crippen molar-refractivity contribution in [2.45, 2.75) is 29.5 Å². The monoisotopic (exact) mass is 415 g/mol. The summed E-state index contributed by atoms with van der Waals surface area (Å²) < 4.78 is 24.2. The number of rotatable bonds is 7. The standard InChI is InChI=1S/C20H21N3O5S/c1-14(12-21)29(27,28)18-9-7-16(8-10-18)22-19(25)20(26)23-17(13-24)11-15-5-3-2-4-6-15/h2-10,14,17,24H,11,13H2,1H3,(H,22,25)(H,23,26)/t14?,17-/m1/s1. The van der Waals surface area contributed by atoms with Gasteiger partial charge in [-0.25, -0.2) is 8.42 Å². The molecule has 0 spiro atoms. The lowest BCUT2D eigenvalue weighted by Gasteiger charge is -2.16. The van der Waals surface area contributed by atoms with Gasteiger partial charge in [0.2, 0.25) is 0 Å². The predicted octanol–water partition coefficient (Wildman–Crippen LogP) is 1.03. The van der Waals surface area contributed by atoms with Crippen LogP contribution in [0, 0.1) is 11.3 Å². The second-order valence-electron chi connectivity index (χ2n) is 6.34. The second kappa shape index (κ2) is 9.82. The summed E-state index contributed by atoms with van der Waals surface area (Å²) in [4.78, 5) is 24.1. The maximum absolute atomic E-state index is 12.1. The molecule has 0 aliphatic heterocycles. The molecule has 2 atom stereocenters. The molecule has 0 fully saturated rings. The number of anilines is 1. The molecule has 2 amide bonds. The van der Waals surface area contributed by atoms with Crippen molar-refractivity contribution in [3.63, 3.8) is 0 Å². The summed E-state index contributed by atoms with van der Waals surface area (Å²) in [6, 6.07) is 15.4. The molecule has 0 aliphatic carbocycles. The number of hydrogen-bond acceptors (Lipinski definition) is 6. The van der Waals surface area contributed by atoms with Gasteiger partial charge in [-0.2, -0.15) is 5.26 Å². The topological polar surface area (TPSA) is 136 Å². The van der Waals surface area contributed by atoms with Crippen LogP contribution >= 0.6 is 0 Å². The molecule has 2 rings (SSSR count). The van der Waals surface area contributed by atoms with E-state index >= 15 is 0 Å². The van der Waals surface area contributed by atoms with Gasteiger partial charge >= 0.3 is 11.8 Å². The molecule has 0 saturated carbocycles. The van der Waals surface area contributed by atoms with Crippen LogP contribution in [-0.2, 0) is 25.8 Å². The Balaban J connectivity index is 1.98. The van der Waals surface area contributed by atoms with Gasteiger partial charge in [-0.15, -0.1) is 0 Å². The average Bonchev–Trinajstić information content (AvgIpc) is 2.73. The van der Waals surface area contributed by atoms with Gasteiger partial charge in [-0.3, -0.25) is 9.59 Å². The Hall–Kier alpha value is -3.22. The SMILES string of the molecule is CC(C#N)S(=O)(=O)c1ccc(NC(=O)C(=O)N[C@@H](CO)Cc2ccccc2)cc1. The van der Waals surface area contributed by atoms with Crippen molar-refractivity contribution in [2.75, 3.05) is 11.9 Å². The molecule has 8 nitrogen and oxygen atoms in total. The summed E-state index contributed by atoms with van der Waals surface area (Å²) in [7, 11) is -3.78. The van der Waals surface area contributed by atoms with Crippen LogP contribution < -0.4 is 10.6 Å². The van der Waals surface area contributed by atoms with E-state index in [4.69, 9.17) is 5.26 Å². The van der Waals surface area contributed by atoms with Gasteiger partial charge in [0, 0.05) is 5.69 Å². The number of sulfone groups is 1. The van der Waals surface area contributed by atoms with Crippen molar-refractivity contribution in [1.29, 1.82) is 5.26 Å². The first kappa shape index (κ1) is 22.1. The van der Waals surface area contributed by atoms with Crippen LogP contribution in [0.3, 0.4) is 0 Å². The van der Waals surface area contributed by atoms with E-state index in [-0.39, 0.29) is 17.2 Å². The molecule has 9 heteroatoms. The Morgan fingerprint density at radius 2 is 1.69 bits per heavy atom. The third-order valence-corrected chi connectivity index (χ3v) is 6.14. The lowest BCUT2D eigenvalue weighted by atomic mass is 10.1. The number of amides is 2. The number of hydrogen-bond donors (Lipinski definition) is 3. The summed E-state index contributed by atoms with van der Waals surface area (Å²) in [6.07, 6.45) is 0.361. The van der Waals surface area contributed by atoms with E-state index in [9.17, 15) is 23.1 Å². The van der Waals surface area contributed by atoms with Gasteiger partial charge in [0.25, 0.3) is 0 Å². The number of nitrogens with zero attached hydrogens (tertiary/aromatic N) is 1. The van der Waals surface area contributed by atoms with Gasteiger partial charge in [-0.1, -0.05) is 30.3 Å². The highest BCUT2D eigenvalue weighted by Crippen LogP contribution is 2.18. The molecule has 29 heavy (non-hydrogen) atoms. The fraction of sp³-hybridized carbons (Fsp3) is 0.250. The molecule has 2 aromatic carbocycles. The van der Waals surface area contributed by atoms with E-state index in [2.05, 4.69) is 10.6 Å². The minimum absolute atomic E-state index is 0.0581. The van der Waals surface area contributed by atoms with Crippen LogP contribution in [0.25, 0.3) is 0 Å². The summed E-state index contributed by atoms with van der Waals surface area (Å²) in [5.74, 6) is -1.87. The number of nitrogens with one attached hydrogen (secondary N) is 2. The van der Waals surface area contributed by atoms with Crippen LogP contribution in [0.1, 0.15) is 12.5 Å². The van der Waals surface area contributed by atoms with Crippen molar-refractivity contribution >= 4 is 27.3 Å². The summed E-state index contributed by atoms with van der Waals surface area (Å²) in [5.41, 5.74) is 1.12. The molecule has 1 unspecified atom stereocenters. The summed E-state index contributed by atoms with van der Waals surface area (Å²) >= 11 is 0. The summed E-state index contributed by atoms with van der Waals surface area (Å²) in [5, 5.41) is 21.9. The number of carbonyl (C=O) groups excluding carboxylic acids is 2. The molecular formula is C20H21N3O5S. The fourth-order valence-electron chi connectivity index (χ4n) is 2.50. The van der Waals surface area contributed by atoms with Crippen molar-refractivity contribution in [1.82, 2.24) is 5.32 Å². The zero-order valence-corrected chi connectivity index (χ0v) is 16.5. The lowest BCUT2D eigenvalue weighted by molar-refractivity contribution is -0.136. The van der Waals surface area contributed by atoms with E-state index in [1.54, 1.807) is 6.07 Å². The number of nitriles is 1. The van der Waals surface area contributed by atoms with E-state index in [1.165, 1.54) is 31.2 Å². The normalized spacial score (nSPS) is 13.0. The van der Waals surface area contributed by atoms with Crippen LogP contribution in [0.4, 0.5) is 5.69 Å². The second-order valence-corrected chi connectivity index (χ2v) is 8.61. The highest BCUT2D eigenvalue weighted by Gasteiger charge is 2.23. The summed E-state index contributed by atoms with van der Waals surface area (Å²) in [6.45, 7) is 0.944. The molecule has 0 bridgehead atoms. The van der Waals surface area contributed by atoms with Gasteiger partial charge in [0.15, 0.2) is 9.84 Å². The van der Waals surface area contributed by atoms with Crippen LogP contribution in [-0.4, -0.2) is 43.2 Å². The van der Waals surface area contributed by atoms with Crippen molar-refractivity contribution in [2.24, 2.45) is 0 Å². The van der Waals surface area contributed by atoms with E-state index in [0.717, 1.165) is 5.56 Å². The van der Waals surface area contributed by atoms with Gasteiger partial charge < -0.3 is 15.7 Å². The molecule has 0 aliphatic rings. The first-order chi connectivity index (χ1) is 13.8. The van der Waals surface area contributed by atoms with Gasteiger partial charge in [0.05, 0.1) is 23.6 Å². The highest BCUT2D eigenvalue weighted by atomic mass is 32.2. The Bertz CT molecular complexity index is 999. The van der Waals surface area contributed by atoms with E-state index < -0.39 is 32.9 Å². The lowest BCUT2D eigenvalue weighted by Crippen LogP contribution is -2.44. The number of aliphatic hydroxyl groups is 1. The number of benzene rings is 2. The van der Waals surface area contributed by atoms with Crippen LogP contribution in [0.2, 0.25) is 0 Å². The first-order valence-electron chi connectivity index (χ1n) is 8.78. The molecule has 0 saturated heterocycles. The molecule has 0 heterocycles. The molecule has 2 aromatic rings. The van der Waals surface area contributed by atoms with Crippen molar-refractivity contribution in [3.05, 3.63) is 60.2 Å². The number of aliphatic hydroxyl groups excluding tert-OH is 1. The largest absolute Gasteiger partial charge is 0.394 e. The predicted molar refractivity (Wildman–Crippen MR) is 106 cm³/mol. The Morgan fingerprint density at radius 1 is 1.07 bits per heavy atom. The fourth-order valence-corrected chi connectivity index (χ4v) is 3.56. The Labute approximate surface area is 169 Å². The quantitative estimate of drug-likeness (QED) is 0.578. The Kier molecular flexibility index (Phi) is 7.47. The third kappa shape index (κ3) is 5.88. The first-order valence-corrected chi connectivity index (χ1v) is 10.3. The van der Waals surface area contributed by atoms with Gasteiger partial charge in [0.1, 0.15) is 5.25 Å². The third-order valence-electron chi connectivity index (χ3n) is 4.17. The zero-order chi connectivity index (χ0) is 21.4. The molecular weight excluding hydrogens is 394 g/mol. The molecule has 152 valence electrons. The van der Waals surface area contributed by atoms with Crippen LogP contribution in [0.5, 0.6) is 0 Å². The molecule has 0 radical (unpaired) electrons.